The number of amides is 2. The van der Waals surface area contributed by atoms with Crippen LogP contribution in [0, 0.1) is 11.8 Å². The Kier molecular flexibility index (Phi) is 6.03. The molecule has 1 heterocycles. The van der Waals surface area contributed by atoms with Gasteiger partial charge in [-0.1, -0.05) is 41.5 Å². The van der Waals surface area contributed by atoms with Crippen molar-refractivity contribution < 1.29 is 9.59 Å². The van der Waals surface area contributed by atoms with E-state index in [1.165, 1.54) is 0 Å². The molecule has 0 aromatic rings. The van der Waals surface area contributed by atoms with Crippen molar-refractivity contribution >= 4 is 11.8 Å². The summed E-state index contributed by atoms with van der Waals surface area (Å²) in [6, 6.07) is -0.507. The van der Waals surface area contributed by atoms with Crippen LogP contribution < -0.4 is 5.32 Å². The zero-order valence-electron chi connectivity index (χ0n) is 13.8. The van der Waals surface area contributed by atoms with E-state index in [2.05, 4.69) is 33.0 Å². The van der Waals surface area contributed by atoms with E-state index in [4.69, 9.17) is 0 Å². The summed E-state index contributed by atoms with van der Waals surface area (Å²) in [6.07, 6.45) is 2.53. The first-order valence-corrected chi connectivity index (χ1v) is 7.95. The van der Waals surface area contributed by atoms with Gasteiger partial charge in [-0.15, -0.1) is 0 Å². The van der Waals surface area contributed by atoms with Crippen LogP contribution >= 0.6 is 0 Å². The maximum absolute atomic E-state index is 12.8. The van der Waals surface area contributed by atoms with Crippen molar-refractivity contribution in [3.8, 4) is 0 Å². The molecule has 0 aromatic carbocycles. The summed E-state index contributed by atoms with van der Waals surface area (Å²) in [4.78, 5) is 27.1. The van der Waals surface area contributed by atoms with Crippen LogP contribution in [0.1, 0.15) is 60.8 Å². The summed E-state index contributed by atoms with van der Waals surface area (Å²) in [5.41, 5.74) is 0. The van der Waals surface area contributed by atoms with Crippen molar-refractivity contribution in [3.63, 3.8) is 0 Å². The smallest absolute Gasteiger partial charge is 0.246 e. The van der Waals surface area contributed by atoms with Crippen molar-refractivity contribution in [3.05, 3.63) is 0 Å². The van der Waals surface area contributed by atoms with E-state index in [0.29, 0.717) is 5.92 Å². The van der Waals surface area contributed by atoms with Crippen molar-refractivity contribution in [2.75, 3.05) is 0 Å². The Morgan fingerprint density at radius 3 is 2.05 bits per heavy atom. The molecule has 1 aliphatic rings. The first-order chi connectivity index (χ1) is 9.33. The Labute approximate surface area is 123 Å². The van der Waals surface area contributed by atoms with Crippen molar-refractivity contribution in [2.45, 2.75) is 78.9 Å². The molecule has 0 saturated carbocycles. The third-order valence-electron chi connectivity index (χ3n) is 4.15. The van der Waals surface area contributed by atoms with E-state index in [1.54, 1.807) is 0 Å². The van der Waals surface area contributed by atoms with Gasteiger partial charge in [0.2, 0.25) is 11.8 Å². The number of nitrogens with zero attached hydrogens (tertiary/aromatic N) is 1. The molecule has 1 N–H and O–H groups in total. The molecule has 20 heavy (non-hydrogen) atoms. The monoisotopic (exact) mass is 282 g/mol. The molecule has 0 radical (unpaired) electrons. The van der Waals surface area contributed by atoms with Gasteiger partial charge in [0.1, 0.15) is 12.1 Å². The zero-order chi connectivity index (χ0) is 15.4. The molecule has 0 aromatic heterocycles. The van der Waals surface area contributed by atoms with Crippen LogP contribution in [-0.2, 0) is 9.59 Å². The lowest BCUT2D eigenvalue weighted by Gasteiger charge is -2.44. The number of nitrogens with one attached hydrogen (secondary N) is 1. The van der Waals surface area contributed by atoms with E-state index < -0.39 is 0 Å². The zero-order valence-corrected chi connectivity index (χ0v) is 13.8. The van der Waals surface area contributed by atoms with Gasteiger partial charge in [-0.2, -0.15) is 0 Å². The van der Waals surface area contributed by atoms with Gasteiger partial charge in [-0.25, -0.2) is 0 Å². The third-order valence-corrected chi connectivity index (χ3v) is 4.15. The summed E-state index contributed by atoms with van der Waals surface area (Å²) in [6.45, 7) is 12.3. The predicted molar refractivity (Wildman–Crippen MR) is 81.2 cm³/mol. The third kappa shape index (κ3) is 3.53. The van der Waals surface area contributed by atoms with E-state index in [1.807, 2.05) is 18.7 Å². The Balaban J connectivity index is 3.09. The van der Waals surface area contributed by atoms with Gasteiger partial charge in [0.25, 0.3) is 0 Å². The Hall–Kier alpha value is -1.06. The first kappa shape index (κ1) is 17.0. The van der Waals surface area contributed by atoms with E-state index in [9.17, 15) is 9.59 Å². The van der Waals surface area contributed by atoms with Crippen LogP contribution in [0.3, 0.4) is 0 Å². The molecule has 2 unspecified atom stereocenters. The highest BCUT2D eigenvalue weighted by molar-refractivity contribution is 5.97. The molecule has 1 fully saturated rings. The summed E-state index contributed by atoms with van der Waals surface area (Å²) in [5.74, 6) is 0.636. The maximum Gasteiger partial charge on any atom is 0.246 e. The Morgan fingerprint density at radius 2 is 1.65 bits per heavy atom. The van der Waals surface area contributed by atoms with Gasteiger partial charge >= 0.3 is 0 Å². The summed E-state index contributed by atoms with van der Waals surface area (Å²) < 4.78 is 0. The fraction of sp³-hybridized carbons (Fsp3) is 0.875. The van der Waals surface area contributed by atoms with Gasteiger partial charge in [-0.3, -0.25) is 9.59 Å². The number of carbonyl (C=O) groups is 2. The minimum absolute atomic E-state index is 0.0175. The molecule has 2 amide bonds. The Bertz CT molecular complexity index is 348. The normalized spacial score (nSPS) is 23.9. The Morgan fingerprint density at radius 1 is 1.10 bits per heavy atom. The molecule has 0 bridgehead atoms. The van der Waals surface area contributed by atoms with Gasteiger partial charge in [0.15, 0.2) is 0 Å². The van der Waals surface area contributed by atoms with Crippen LogP contribution in [0.25, 0.3) is 0 Å². The molecule has 1 rings (SSSR count). The molecule has 0 aliphatic carbocycles. The van der Waals surface area contributed by atoms with E-state index >= 15 is 0 Å². The summed E-state index contributed by atoms with van der Waals surface area (Å²) in [5, 5.41) is 2.92. The minimum Gasteiger partial charge on any atom is -0.342 e. The molecule has 4 heteroatoms. The second-order valence-corrected chi connectivity index (χ2v) is 6.59. The molecule has 2 atom stereocenters. The minimum atomic E-state index is -0.369. The van der Waals surface area contributed by atoms with Crippen molar-refractivity contribution in [2.24, 2.45) is 11.8 Å². The lowest BCUT2D eigenvalue weighted by molar-refractivity contribution is -0.154. The number of rotatable bonds is 6. The lowest BCUT2D eigenvalue weighted by Crippen LogP contribution is -2.67. The van der Waals surface area contributed by atoms with Gasteiger partial charge in [0.05, 0.1) is 0 Å². The molecular weight excluding hydrogens is 252 g/mol. The van der Waals surface area contributed by atoms with Crippen molar-refractivity contribution in [1.29, 1.82) is 0 Å². The van der Waals surface area contributed by atoms with Crippen LogP contribution in [0.5, 0.6) is 0 Å². The number of piperazine rings is 1. The van der Waals surface area contributed by atoms with Crippen LogP contribution in [-0.4, -0.2) is 34.8 Å². The van der Waals surface area contributed by atoms with E-state index in [-0.39, 0.29) is 35.9 Å². The second kappa shape index (κ2) is 7.09. The first-order valence-electron chi connectivity index (χ1n) is 7.95. The standard InChI is InChI=1S/C16H30N2O2/c1-7-12(8-2)18-13(9-10(3)4)15(19)17-14(11(5)6)16(18)20/h10-14H,7-9H2,1-6H3,(H,17,19). The lowest BCUT2D eigenvalue weighted by atomic mass is 9.91. The molecule has 1 aliphatic heterocycles. The maximum atomic E-state index is 12.8. The fourth-order valence-corrected chi connectivity index (χ4v) is 2.99. The van der Waals surface area contributed by atoms with Gasteiger partial charge in [0, 0.05) is 6.04 Å². The largest absolute Gasteiger partial charge is 0.342 e. The molecule has 116 valence electrons. The number of carbonyl (C=O) groups excluding carboxylic acids is 2. The quantitative estimate of drug-likeness (QED) is 0.814. The van der Waals surface area contributed by atoms with Crippen LogP contribution in [0.4, 0.5) is 0 Å². The fourth-order valence-electron chi connectivity index (χ4n) is 2.99. The van der Waals surface area contributed by atoms with Crippen LogP contribution in [0.15, 0.2) is 0 Å². The highest BCUT2D eigenvalue weighted by atomic mass is 16.2. The average Bonchev–Trinajstić information content (AvgIpc) is 2.37. The molecule has 0 spiro atoms. The van der Waals surface area contributed by atoms with Gasteiger partial charge in [-0.05, 0) is 31.1 Å². The van der Waals surface area contributed by atoms with Crippen LogP contribution in [0.2, 0.25) is 0 Å². The van der Waals surface area contributed by atoms with E-state index in [0.717, 1.165) is 19.3 Å². The highest BCUT2D eigenvalue weighted by Gasteiger charge is 2.43. The highest BCUT2D eigenvalue weighted by Crippen LogP contribution is 2.25. The predicted octanol–water partition coefficient (Wildman–Crippen LogP) is 2.57. The summed E-state index contributed by atoms with van der Waals surface area (Å²) in [7, 11) is 0. The topological polar surface area (TPSA) is 49.4 Å². The molecule has 1 saturated heterocycles. The summed E-state index contributed by atoms with van der Waals surface area (Å²) >= 11 is 0. The average molecular weight is 282 g/mol. The second-order valence-electron chi connectivity index (χ2n) is 6.59. The van der Waals surface area contributed by atoms with Crippen molar-refractivity contribution in [1.82, 2.24) is 10.2 Å². The SMILES string of the molecule is CCC(CC)N1C(=O)C(C(C)C)NC(=O)C1CC(C)C. The number of hydrogen-bond donors (Lipinski definition) is 1. The van der Waals surface area contributed by atoms with Gasteiger partial charge < -0.3 is 10.2 Å². The number of hydrogen-bond acceptors (Lipinski definition) is 2. The molecule has 4 nitrogen and oxygen atoms in total. The molecular formula is C16H30N2O2.